The maximum atomic E-state index is 12.9. The molecule has 0 atom stereocenters. The number of benzene rings is 3. The molecule has 5 rings (SSSR count). The monoisotopic (exact) mass is 426 g/mol. The van der Waals surface area contributed by atoms with Gasteiger partial charge in [-0.3, -0.25) is 9.59 Å². The lowest BCUT2D eigenvalue weighted by Gasteiger charge is -2.17. The van der Waals surface area contributed by atoms with Crippen molar-refractivity contribution in [2.75, 3.05) is 16.4 Å². The van der Waals surface area contributed by atoms with Gasteiger partial charge in [-0.25, -0.2) is 4.68 Å². The molecule has 2 N–H and O–H groups in total. The van der Waals surface area contributed by atoms with Crippen molar-refractivity contribution in [3.8, 4) is 16.9 Å². The molecule has 152 valence electrons. The van der Waals surface area contributed by atoms with Gasteiger partial charge in [0.25, 0.3) is 5.91 Å². The molecule has 2 heterocycles. The summed E-state index contributed by atoms with van der Waals surface area (Å²) in [5.74, 6) is 0.135. The first-order valence-corrected chi connectivity index (χ1v) is 10.7. The van der Waals surface area contributed by atoms with Crippen LogP contribution in [0.2, 0.25) is 0 Å². The van der Waals surface area contributed by atoms with Gasteiger partial charge in [-0.2, -0.15) is 5.10 Å². The number of rotatable bonds is 4. The maximum absolute atomic E-state index is 12.9. The van der Waals surface area contributed by atoms with Crippen molar-refractivity contribution in [2.24, 2.45) is 0 Å². The van der Waals surface area contributed by atoms with Crippen molar-refractivity contribution in [1.82, 2.24) is 9.78 Å². The van der Waals surface area contributed by atoms with Crippen LogP contribution in [0.25, 0.3) is 16.9 Å². The van der Waals surface area contributed by atoms with Crippen LogP contribution < -0.4 is 10.6 Å². The van der Waals surface area contributed by atoms with Crippen molar-refractivity contribution in [3.05, 3.63) is 90.6 Å². The van der Waals surface area contributed by atoms with Crippen molar-refractivity contribution in [2.45, 2.75) is 4.90 Å². The minimum atomic E-state index is -0.231. The molecule has 1 aromatic heterocycles. The van der Waals surface area contributed by atoms with E-state index in [1.807, 2.05) is 71.4 Å². The van der Waals surface area contributed by atoms with Crippen LogP contribution in [0, 0.1) is 0 Å². The summed E-state index contributed by atoms with van der Waals surface area (Å²) >= 11 is 1.49. The van der Waals surface area contributed by atoms with E-state index in [2.05, 4.69) is 15.7 Å². The Labute approximate surface area is 183 Å². The zero-order valence-corrected chi connectivity index (χ0v) is 17.2. The highest BCUT2D eigenvalue weighted by molar-refractivity contribution is 8.00. The van der Waals surface area contributed by atoms with E-state index in [9.17, 15) is 9.59 Å². The normalized spacial score (nSPS) is 12.7. The van der Waals surface area contributed by atoms with Crippen molar-refractivity contribution >= 4 is 35.0 Å². The lowest BCUT2D eigenvalue weighted by molar-refractivity contribution is -0.113. The van der Waals surface area contributed by atoms with Crippen LogP contribution >= 0.6 is 11.8 Å². The summed E-state index contributed by atoms with van der Waals surface area (Å²) in [7, 11) is 0. The average Bonchev–Trinajstić information content (AvgIpc) is 3.29. The number of thioether (sulfide) groups is 1. The van der Waals surface area contributed by atoms with Crippen LogP contribution in [0.5, 0.6) is 0 Å². The van der Waals surface area contributed by atoms with Gasteiger partial charge in [-0.05, 0) is 42.5 Å². The Balaban J connectivity index is 1.40. The Hall–Kier alpha value is -3.84. The third-order valence-corrected chi connectivity index (χ3v) is 6.01. The van der Waals surface area contributed by atoms with Crippen LogP contribution in [-0.4, -0.2) is 27.3 Å². The molecular weight excluding hydrogens is 408 g/mol. The molecule has 0 saturated carbocycles. The predicted molar refractivity (Wildman–Crippen MR) is 123 cm³/mol. The van der Waals surface area contributed by atoms with E-state index < -0.39 is 0 Å². The third-order valence-electron chi connectivity index (χ3n) is 4.94. The molecule has 1 aliphatic heterocycles. The topological polar surface area (TPSA) is 76.0 Å². The van der Waals surface area contributed by atoms with Crippen molar-refractivity contribution < 1.29 is 9.59 Å². The van der Waals surface area contributed by atoms with E-state index in [1.54, 1.807) is 18.3 Å². The van der Waals surface area contributed by atoms with Gasteiger partial charge in [0.2, 0.25) is 5.91 Å². The number of hydrogen-bond acceptors (Lipinski definition) is 4. The van der Waals surface area contributed by atoms with E-state index in [4.69, 9.17) is 0 Å². The second-order valence-electron chi connectivity index (χ2n) is 7.05. The van der Waals surface area contributed by atoms with Crippen molar-refractivity contribution in [3.63, 3.8) is 0 Å². The number of nitrogens with one attached hydrogen (secondary N) is 2. The SMILES string of the molecule is O=C1CSc2ccc(NC(=O)c3cccc(-n4nccc4-c4ccccc4)c3)cc2N1. The molecule has 4 aromatic rings. The largest absolute Gasteiger partial charge is 0.324 e. The number of fused-ring (bicyclic) bond motifs is 1. The highest BCUT2D eigenvalue weighted by Crippen LogP contribution is 2.33. The highest BCUT2D eigenvalue weighted by atomic mass is 32.2. The Morgan fingerprint density at radius 3 is 2.74 bits per heavy atom. The highest BCUT2D eigenvalue weighted by Gasteiger charge is 2.16. The molecule has 1 aliphatic rings. The zero-order valence-electron chi connectivity index (χ0n) is 16.4. The van der Waals surface area contributed by atoms with E-state index >= 15 is 0 Å². The summed E-state index contributed by atoms with van der Waals surface area (Å²) in [6.45, 7) is 0. The first-order chi connectivity index (χ1) is 15.2. The number of nitrogens with zero attached hydrogens (tertiary/aromatic N) is 2. The van der Waals surface area contributed by atoms with Gasteiger partial charge in [0.15, 0.2) is 0 Å². The summed E-state index contributed by atoms with van der Waals surface area (Å²) in [6, 6.07) is 24.8. The fourth-order valence-corrected chi connectivity index (χ4v) is 4.27. The van der Waals surface area contributed by atoms with E-state index in [0.717, 1.165) is 27.5 Å². The first kappa shape index (κ1) is 19.1. The third kappa shape index (κ3) is 3.95. The average molecular weight is 427 g/mol. The summed E-state index contributed by atoms with van der Waals surface area (Å²) in [5.41, 5.74) is 4.65. The Bertz CT molecular complexity index is 1280. The summed E-state index contributed by atoms with van der Waals surface area (Å²) in [4.78, 5) is 25.5. The molecular formula is C24H18N4O2S. The van der Waals surface area contributed by atoms with Gasteiger partial charge >= 0.3 is 0 Å². The molecule has 0 unspecified atom stereocenters. The van der Waals surface area contributed by atoms with Crippen LogP contribution in [0.15, 0.2) is 90.0 Å². The standard InChI is InChI=1S/C24H18N4O2S/c29-23-15-31-22-10-9-18(14-20(22)27-23)26-24(30)17-7-4-8-19(13-17)28-21(11-12-25-28)16-5-2-1-3-6-16/h1-14H,15H2,(H,26,30)(H,27,29). The molecule has 7 heteroatoms. The number of carbonyl (C=O) groups excluding carboxylic acids is 2. The molecule has 0 bridgehead atoms. The van der Waals surface area contributed by atoms with E-state index in [-0.39, 0.29) is 11.8 Å². The van der Waals surface area contributed by atoms with Crippen LogP contribution in [0.3, 0.4) is 0 Å². The molecule has 0 fully saturated rings. The lowest BCUT2D eigenvalue weighted by atomic mass is 10.1. The summed E-state index contributed by atoms with van der Waals surface area (Å²) in [6.07, 6.45) is 1.74. The quantitative estimate of drug-likeness (QED) is 0.490. The van der Waals surface area contributed by atoms with Gasteiger partial charge in [-0.15, -0.1) is 11.8 Å². The second kappa shape index (κ2) is 8.12. The predicted octanol–water partition coefficient (Wildman–Crippen LogP) is 4.84. The summed E-state index contributed by atoms with van der Waals surface area (Å²) in [5, 5.41) is 10.2. The van der Waals surface area contributed by atoms with Gasteiger partial charge in [0, 0.05) is 21.7 Å². The smallest absolute Gasteiger partial charge is 0.255 e. The van der Waals surface area contributed by atoms with Gasteiger partial charge in [-0.1, -0.05) is 36.4 Å². The number of amides is 2. The number of hydrogen-bond donors (Lipinski definition) is 2. The Morgan fingerprint density at radius 2 is 1.87 bits per heavy atom. The second-order valence-corrected chi connectivity index (χ2v) is 8.06. The van der Waals surface area contributed by atoms with Crippen LogP contribution in [0.1, 0.15) is 10.4 Å². The number of carbonyl (C=O) groups is 2. The molecule has 2 amide bonds. The molecule has 31 heavy (non-hydrogen) atoms. The van der Waals surface area contributed by atoms with Crippen molar-refractivity contribution in [1.29, 1.82) is 0 Å². The molecule has 3 aromatic carbocycles. The molecule has 0 spiro atoms. The van der Waals surface area contributed by atoms with Gasteiger partial charge < -0.3 is 10.6 Å². The number of anilines is 2. The molecule has 0 aliphatic carbocycles. The molecule has 0 saturated heterocycles. The maximum Gasteiger partial charge on any atom is 0.255 e. The molecule has 0 radical (unpaired) electrons. The fourth-order valence-electron chi connectivity index (χ4n) is 3.48. The first-order valence-electron chi connectivity index (χ1n) is 9.75. The molecule has 6 nitrogen and oxygen atoms in total. The fraction of sp³-hybridized carbons (Fsp3) is 0.0417. The minimum absolute atomic E-state index is 0.0397. The lowest BCUT2D eigenvalue weighted by Crippen LogP contribution is -2.19. The van der Waals surface area contributed by atoms with Gasteiger partial charge in [0.05, 0.1) is 29.0 Å². The minimum Gasteiger partial charge on any atom is -0.324 e. The van der Waals surface area contributed by atoms with Crippen LogP contribution in [0.4, 0.5) is 11.4 Å². The Kier molecular flexibility index (Phi) is 5.01. The Morgan fingerprint density at radius 1 is 1.00 bits per heavy atom. The van der Waals surface area contributed by atoms with E-state index in [1.165, 1.54) is 11.8 Å². The van der Waals surface area contributed by atoms with E-state index in [0.29, 0.717) is 17.0 Å². The van der Waals surface area contributed by atoms with Gasteiger partial charge in [0.1, 0.15) is 0 Å². The summed E-state index contributed by atoms with van der Waals surface area (Å²) < 4.78 is 1.82. The van der Waals surface area contributed by atoms with Crippen LogP contribution in [-0.2, 0) is 4.79 Å². The number of aromatic nitrogens is 2. The zero-order chi connectivity index (χ0) is 21.2.